The van der Waals surface area contributed by atoms with Gasteiger partial charge in [0.1, 0.15) is 29.3 Å². The van der Waals surface area contributed by atoms with Crippen LogP contribution in [0.15, 0.2) is 0 Å². The molecule has 7 nitrogen and oxygen atoms in total. The van der Waals surface area contributed by atoms with Crippen molar-refractivity contribution in [3.63, 3.8) is 0 Å². The van der Waals surface area contributed by atoms with Crippen molar-refractivity contribution in [2.24, 2.45) is 17.3 Å². The normalized spacial score (nSPS) is 28.9. The Morgan fingerprint density at radius 3 is 2.61 bits per heavy atom. The van der Waals surface area contributed by atoms with Crippen molar-refractivity contribution in [2.75, 3.05) is 13.7 Å². The third-order valence-corrected chi connectivity index (χ3v) is 9.11. The molecule has 3 aliphatic rings. The summed E-state index contributed by atoms with van der Waals surface area (Å²) in [5.74, 6) is 0.708. The number of hydrogen-bond donors (Lipinski definition) is 1. The summed E-state index contributed by atoms with van der Waals surface area (Å²) in [5.41, 5.74) is 1.32. The van der Waals surface area contributed by atoms with E-state index in [0.29, 0.717) is 37.2 Å². The van der Waals surface area contributed by atoms with Crippen LogP contribution in [0.4, 0.5) is 0 Å². The van der Waals surface area contributed by atoms with E-state index in [9.17, 15) is 14.7 Å². The predicted octanol–water partition coefficient (Wildman–Crippen LogP) is 5.29. The maximum atomic E-state index is 12.6. The summed E-state index contributed by atoms with van der Waals surface area (Å²) < 4.78 is 23.5. The van der Waals surface area contributed by atoms with Crippen LogP contribution in [0.2, 0.25) is 0 Å². The van der Waals surface area contributed by atoms with E-state index in [4.69, 9.17) is 18.9 Å². The van der Waals surface area contributed by atoms with Gasteiger partial charge in [-0.2, -0.15) is 0 Å². The summed E-state index contributed by atoms with van der Waals surface area (Å²) in [5, 5.41) is 11.2. The smallest absolute Gasteiger partial charge is 0.342 e. The second-order valence-electron chi connectivity index (χ2n) is 11.9. The molecular formula is C29H42O7. The molecule has 2 aliphatic heterocycles. The van der Waals surface area contributed by atoms with E-state index in [0.717, 1.165) is 48.1 Å². The minimum Gasteiger partial charge on any atom is -0.495 e. The number of ether oxygens (including phenoxy) is 4. The lowest BCUT2D eigenvalue weighted by Gasteiger charge is -2.60. The van der Waals surface area contributed by atoms with Gasteiger partial charge in [0.25, 0.3) is 0 Å². The van der Waals surface area contributed by atoms with Gasteiger partial charge >= 0.3 is 11.9 Å². The molecule has 0 saturated heterocycles. The van der Waals surface area contributed by atoms with Gasteiger partial charge in [-0.1, -0.05) is 20.3 Å². The van der Waals surface area contributed by atoms with Crippen LogP contribution in [0.5, 0.6) is 11.5 Å². The molecule has 0 unspecified atom stereocenters. The second-order valence-corrected chi connectivity index (χ2v) is 11.9. The zero-order chi connectivity index (χ0) is 26.5. The van der Waals surface area contributed by atoms with E-state index in [2.05, 4.69) is 20.8 Å². The summed E-state index contributed by atoms with van der Waals surface area (Å²) in [6.07, 6.45) is 4.91. The molecule has 0 aromatic heterocycles. The third-order valence-electron chi connectivity index (χ3n) is 9.11. The largest absolute Gasteiger partial charge is 0.495 e. The molecule has 200 valence electrons. The maximum Gasteiger partial charge on any atom is 0.342 e. The summed E-state index contributed by atoms with van der Waals surface area (Å²) >= 11 is 0. The number of carbonyl (C=O) groups excluding carboxylic acids is 2. The number of benzene rings is 1. The van der Waals surface area contributed by atoms with Crippen LogP contribution in [0.1, 0.15) is 100 Å². The first-order valence-corrected chi connectivity index (χ1v) is 13.3. The first-order valence-electron chi connectivity index (χ1n) is 13.3. The van der Waals surface area contributed by atoms with Gasteiger partial charge in [0.15, 0.2) is 0 Å². The molecule has 1 saturated carbocycles. The Morgan fingerprint density at radius 2 is 1.97 bits per heavy atom. The van der Waals surface area contributed by atoms with Crippen LogP contribution in [0, 0.1) is 24.2 Å². The van der Waals surface area contributed by atoms with Gasteiger partial charge in [-0.25, -0.2) is 4.79 Å². The predicted molar refractivity (Wildman–Crippen MR) is 135 cm³/mol. The number of cyclic esters (lactones) is 1. The highest BCUT2D eigenvalue weighted by atomic mass is 16.5. The fourth-order valence-corrected chi connectivity index (χ4v) is 7.26. The number of carbonyl (C=O) groups is 2. The topological polar surface area (TPSA) is 91.3 Å². The fraction of sp³-hybridized carbons (Fsp3) is 0.724. The first kappa shape index (κ1) is 26.8. The van der Waals surface area contributed by atoms with Crippen LogP contribution >= 0.6 is 0 Å². The Balaban J connectivity index is 1.75. The highest BCUT2D eigenvalue weighted by Crippen LogP contribution is 2.61. The number of unbranched alkanes of at least 4 members (excludes halogenated alkanes) is 1. The van der Waals surface area contributed by atoms with Crippen molar-refractivity contribution in [2.45, 2.75) is 104 Å². The first-order chi connectivity index (χ1) is 16.9. The van der Waals surface area contributed by atoms with Crippen LogP contribution < -0.4 is 9.47 Å². The number of methoxy groups -OCH3 is 1. The van der Waals surface area contributed by atoms with E-state index in [-0.39, 0.29) is 30.4 Å². The summed E-state index contributed by atoms with van der Waals surface area (Å²) in [6.45, 7) is 12.8. The van der Waals surface area contributed by atoms with E-state index in [1.54, 1.807) is 7.11 Å². The number of rotatable bonds is 8. The molecule has 2 heterocycles. The van der Waals surface area contributed by atoms with Gasteiger partial charge in [0.05, 0.1) is 19.3 Å². The highest BCUT2D eigenvalue weighted by molar-refractivity contribution is 5.98. The van der Waals surface area contributed by atoms with E-state index < -0.39 is 16.6 Å². The molecule has 1 aromatic rings. The Kier molecular flexibility index (Phi) is 7.10. The summed E-state index contributed by atoms with van der Waals surface area (Å²) in [6, 6.07) is 0. The van der Waals surface area contributed by atoms with E-state index >= 15 is 0 Å². The number of aliphatic hydroxyl groups is 1. The van der Waals surface area contributed by atoms with Gasteiger partial charge in [0.2, 0.25) is 0 Å². The van der Waals surface area contributed by atoms with E-state index in [1.807, 2.05) is 20.8 Å². The number of fused-ring (bicyclic) bond motifs is 3. The molecule has 36 heavy (non-hydrogen) atoms. The third kappa shape index (κ3) is 4.37. The molecule has 4 atom stereocenters. The highest BCUT2D eigenvalue weighted by Gasteiger charge is 2.60. The molecule has 4 rings (SSSR count). The molecular weight excluding hydrogens is 460 g/mol. The second kappa shape index (κ2) is 9.55. The van der Waals surface area contributed by atoms with Crippen molar-refractivity contribution in [1.29, 1.82) is 0 Å². The molecule has 0 radical (unpaired) electrons. The molecule has 7 heteroatoms. The average molecular weight is 503 g/mol. The van der Waals surface area contributed by atoms with Gasteiger partial charge in [-0.05, 0) is 76.7 Å². The Bertz CT molecular complexity index is 1040. The number of esters is 2. The van der Waals surface area contributed by atoms with Gasteiger partial charge in [-0.15, -0.1) is 0 Å². The van der Waals surface area contributed by atoms with Crippen LogP contribution in [-0.2, 0) is 27.3 Å². The molecule has 0 spiro atoms. The Hall–Kier alpha value is -2.28. The lowest BCUT2D eigenvalue weighted by Crippen LogP contribution is -2.61. The number of hydrogen-bond acceptors (Lipinski definition) is 7. The molecule has 1 N–H and O–H groups in total. The quantitative estimate of drug-likeness (QED) is 0.381. The lowest BCUT2D eigenvalue weighted by molar-refractivity contribution is -0.172. The van der Waals surface area contributed by atoms with Crippen LogP contribution in [-0.4, -0.2) is 42.0 Å². The molecule has 1 aliphatic carbocycles. The monoisotopic (exact) mass is 502 g/mol. The van der Waals surface area contributed by atoms with Crippen molar-refractivity contribution >= 4 is 11.9 Å². The molecule has 1 fully saturated rings. The Labute approximate surface area is 214 Å². The molecule has 0 amide bonds. The van der Waals surface area contributed by atoms with Gasteiger partial charge in [0, 0.05) is 23.5 Å². The zero-order valence-electron chi connectivity index (χ0n) is 22.9. The van der Waals surface area contributed by atoms with Crippen molar-refractivity contribution in [3.8, 4) is 11.5 Å². The van der Waals surface area contributed by atoms with Crippen molar-refractivity contribution in [3.05, 3.63) is 22.3 Å². The average Bonchev–Trinajstić information content (AvgIpc) is 3.19. The van der Waals surface area contributed by atoms with Crippen LogP contribution in [0.3, 0.4) is 0 Å². The molecule has 0 bridgehead atoms. The Morgan fingerprint density at radius 1 is 1.25 bits per heavy atom. The standard InChI is InChI=1S/C29H42O7/c1-8-9-14-34-22(30)11-12-28(5)20(27(3,4)32)10-13-29(6)21(28)15-18-24(36-29)17(2)19-16-35-26(31)23(19)25(18)33-7/h20-21,32H,8-16H2,1-7H3/t20-,21+,28-,29-/m0/s1. The van der Waals surface area contributed by atoms with Crippen molar-refractivity contribution < 1.29 is 33.6 Å². The van der Waals surface area contributed by atoms with Gasteiger partial charge < -0.3 is 24.1 Å². The minimum absolute atomic E-state index is 0.00473. The van der Waals surface area contributed by atoms with E-state index in [1.165, 1.54) is 0 Å². The maximum absolute atomic E-state index is 12.6. The van der Waals surface area contributed by atoms with Crippen molar-refractivity contribution in [1.82, 2.24) is 0 Å². The summed E-state index contributed by atoms with van der Waals surface area (Å²) in [7, 11) is 1.58. The SMILES string of the molecule is CCCCOC(=O)CC[C@]1(C)[C@H]2Cc3c(c(C)c4c(c3OC)C(=O)OC4)O[C@@]2(C)CC[C@H]1C(C)(C)O. The fourth-order valence-electron chi connectivity index (χ4n) is 7.26. The van der Waals surface area contributed by atoms with Gasteiger partial charge in [-0.3, -0.25) is 4.79 Å². The minimum atomic E-state index is -0.926. The van der Waals surface area contributed by atoms with Crippen LogP contribution in [0.25, 0.3) is 0 Å². The summed E-state index contributed by atoms with van der Waals surface area (Å²) in [4.78, 5) is 25.2. The zero-order valence-corrected chi connectivity index (χ0v) is 22.9. The lowest BCUT2D eigenvalue weighted by atomic mass is 9.49. The molecule has 1 aromatic carbocycles.